The fourth-order valence-electron chi connectivity index (χ4n) is 2.81. The molecule has 1 fully saturated rings. The molecule has 0 bridgehead atoms. The zero-order chi connectivity index (χ0) is 14.2. The number of nitrogens with zero attached hydrogens (tertiary/aromatic N) is 4. The summed E-state index contributed by atoms with van der Waals surface area (Å²) in [5.74, 6) is 1.01. The highest BCUT2D eigenvalue weighted by Crippen LogP contribution is 2.28. The van der Waals surface area contributed by atoms with Gasteiger partial charge in [0, 0.05) is 31.5 Å². The van der Waals surface area contributed by atoms with E-state index in [0.717, 1.165) is 43.0 Å². The molecule has 0 spiro atoms. The molecule has 2 N–H and O–H groups in total. The maximum absolute atomic E-state index is 5.99. The van der Waals surface area contributed by atoms with Crippen molar-refractivity contribution in [3.63, 3.8) is 0 Å². The van der Waals surface area contributed by atoms with Crippen molar-refractivity contribution in [2.45, 2.75) is 18.9 Å². The van der Waals surface area contributed by atoms with Crippen molar-refractivity contribution in [2.75, 3.05) is 18.0 Å². The Hall–Kier alpha value is -1.92. The second-order valence-electron chi connectivity index (χ2n) is 5.41. The summed E-state index contributed by atoms with van der Waals surface area (Å²) in [5, 5.41) is 6.74. The second-order valence-corrected chi connectivity index (χ2v) is 6.36. The standard InChI is InChI=1S/C15H17N5S/c16-11-3-6-19(7-4-11)15-13-10-12(14-2-1-9-21-14)18-20(13)8-5-17-15/h1-2,5,8-11H,3-4,6-7,16H2. The lowest BCUT2D eigenvalue weighted by Crippen LogP contribution is -2.40. The van der Waals surface area contributed by atoms with E-state index < -0.39 is 0 Å². The third-order valence-corrected chi connectivity index (χ3v) is 4.87. The monoisotopic (exact) mass is 299 g/mol. The maximum atomic E-state index is 5.99. The molecule has 1 aliphatic heterocycles. The first-order chi connectivity index (χ1) is 10.3. The molecule has 0 aliphatic carbocycles. The molecule has 3 aromatic rings. The Morgan fingerprint density at radius 1 is 1.29 bits per heavy atom. The number of fused-ring (bicyclic) bond motifs is 1. The fraction of sp³-hybridized carbons (Fsp3) is 0.333. The minimum Gasteiger partial charge on any atom is -0.355 e. The van der Waals surface area contributed by atoms with E-state index in [1.807, 2.05) is 16.9 Å². The van der Waals surface area contributed by atoms with Gasteiger partial charge in [-0.15, -0.1) is 11.3 Å². The second kappa shape index (κ2) is 5.13. The first-order valence-corrected chi connectivity index (χ1v) is 8.08. The van der Waals surface area contributed by atoms with Gasteiger partial charge in [0.2, 0.25) is 0 Å². The van der Waals surface area contributed by atoms with Crippen molar-refractivity contribution < 1.29 is 0 Å². The van der Waals surface area contributed by atoms with E-state index in [2.05, 4.69) is 38.6 Å². The van der Waals surface area contributed by atoms with Crippen LogP contribution in [0.4, 0.5) is 5.82 Å². The van der Waals surface area contributed by atoms with Crippen molar-refractivity contribution in [1.82, 2.24) is 14.6 Å². The molecule has 6 heteroatoms. The van der Waals surface area contributed by atoms with Crippen molar-refractivity contribution in [3.05, 3.63) is 36.0 Å². The van der Waals surface area contributed by atoms with Crippen molar-refractivity contribution in [3.8, 4) is 10.6 Å². The Morgan fingerprint density at radius 2 is 2.14 bits per heavy atom. The Bertz CT molecular complexity index is 741. The summed E-state index contributed by atoms with van der Waals surface area (Å²) in [6.07, 6.45) is 5.77. The van der Waals surface area contributed by atoms with Gasteiger partial charge in [-0.05, 0) is 30.4 Å². The molecule has 0 unspecified atom stereocenters. The van der Waals surface area contributed by atoms with Crippen LogP contribution in [0.2, 0.25) is 0 Å². The zero-order valence-corrected chi connectivity index (χ0v) is 12.5. The van der Waals surface area contributed by atoms with Crippen LogP contribution in [0, 0.1) is 0 Å². The predicted octanol–water partition coefficient (Wildman–Crippen LogP) is 2.39. The molecular formula is C15H17N5S. The zero-order valence-electron chi connectivity index (χ0n) is 11.6. The van der Waals surface area contributed by atoms with E-state index >= 15 is 0 Å². The lowest BCUT2D eigenvalue weighted by molar-refractivity contribution is 0.499. The van der Waals surface area contributed by atoms with Crippen molar-refractivity contribution >= 4 is 22.7 Å². The summed E-state index contributed by atoms with van der Waals surface area (Å²) < 4.78 is 1.92. The molecule has 21 heavy (non-hydrogen) atoms. The minimum atomic E-state index is 0.326. The lowest BCUT2D eigenvalue weighted by atomic mass is 10.1. The average molecular weight is 299 g/mol. The van der Waals surface area contributed by atoms with Gasteiger partial charge in [0.1, 0.15) is 11.2 Å². The molecule has 1 saturated heterocycles. The summed E-state index contributed by atoms with van der Waals surface area (Å²) >= 11 is 1.71. The highest BCUT2D eigenvalue weighted by Gasteiger charge is 2.20. The minimum absolute atomic E-state index is 0.326. The SMILES string of the molecule is NC1CCN(c2nccn3nc(-c4cccs4)cc23)CC1. The van der Waals surface area contributed by atoms with Gasteiger partial charge in [-0.25, -0.2) is 9.50 Å². The van der Waals surface area contributed by atoms with Crippen LogP contribution in [0.5, 0.6) is 0 Å². The van der Waals surface area contributed by atoms with E-state index in [4.69, 9.17) is 5.73 Å². The van der Waals surface area contributed by atoms with Gasteiger partial charge in [-0.1, -0.05) is 6.07 Å². The molecule has 0 aromatic carbocycles. The van der Waals surface area contributed by atoms with Crippen molar-refractivity contribution in [2.24, 2.45) is 5.73 Å². The van der Waals surface area contributed by atoms with Crippen LogP contribution >= 0.6 is 11.3 Å². The Labute approximate surface area is 127 Å². The fourth-order valence-corrected chi connectivity index (χ4v) is 3.49. The van der Waals surface area contributed by atoms with Gasteiger partial charge >= 0.3 is 0 Å². The van der Waals surface area contributed by atoms with E-state index in [-0.39, 0.29) is 0 Å². The molecule has 0 atom stereocenters. The molecule has 1 aliphatic rings. The van der Waals surface area contributed by atoms with Crippen LogP contribution < -0.4 is 10.6 Å². The predicted molar refractivity (Wildman–Crippen MR) is 85.7 cm³/mol. The Kier molecular flexibility index (Phi) is 3.12. The van der Waals surface area contributed by atoms with E-state index in [0.29, 0.717) is 6.04 Å². The summed E-state index contributed by atoms with van der Waals surface area (Å²) in [4.78, 5) is 8.08. The number of thiophene rings is 1. The summed E-state index contributed by atoms with van der Waals surface area (Å²) in [5.41, 5.74) is 8.07. The summed E-state index contributed by atoms with van der Waals surface area (Å²) in [6.45, 7) is 1.93. The van der Waals surface area contributed by atoms with Crippen molar-refractivity contribution in [1.29, 1.82) is 0 Å². The third-order valence-electron chi connectivity index (χ3n) is 3.98. The van der Waals surface area contributed by atoms with Gasteiger partial charge in [0.15, 0.2) is 5.82 Å². The van der Waals surface area contributed by atoms with Crippen LogP contribution in [-0.4, -0.2) is 33.7 Å². The number of piperidine rings is 1. The summed E-state index contributed by atoms with van der Waals surface area (Å²) in [7, 11) is 0. The van der Waals surface area contributed by atoms with Gasteiger partial charge in [0.05, 0.1) is 4.88 Å². The molecular weight excluding hydrogens is 282 g/mol. The summed E-state index contributed by atoms with van der Waals surface area (Å²) in [6, 6.07) is 6.60. The number of nitrogens with two attached hydrogens (primary N) is 1. The quantitative estimate of drug-likeness (QED) is 0.789. The van der Waals surface area contributed by atoms with E-state index in [9.17, 15) is 0 Å². The molecule has 108 valence electrons. The molecule has 5 nitrogen and oxygen atoms in total. The molecule has 0 saturated carbocycles. The molecule has 3 aromatic heterocycles. The molecule has 4 heterocycles. The number of hydrogen-bond acceptors (Lipinski definition) is 5. The van der Waals surface area contributed by atoms with Gasteiger partial charge in [0.25, 0.3) is 0 Å². The number of anilines is 1. The third kappa shape index (κ3) is 2.30. The smallest absolute Gasteiger partial charge is 0.154 e. The van der Waals surface area contributed by atoms with Crippen LogP contribution in [0.3, 0.4) is 0 Å². The van der Waals surface area contributed by atoms with Gasteiger partial charge in [-0.2, -0.15) is 5.10 Å². The Balaban J connectivity index is 1.76. The van der Waals surface area contributed by atoms with E-state index in [1.165, 1.54) is 4.88 Å². The first kappa shape index (κ1) is 12.8. The topological polar surface area (TPSA) is 59.5 Å². The van der Waals surface area contributed by atoms with Crippen LogP contribution in [0.25, 0.3) is 16.1 Å². The number of hydrogen-bond donors (Lipinski definition) is 1. The highest BCUT2D eigenvalue weighted by molar-refractivity contribution is 7.13. The van der Waals surface area contributed by atoms with Crippen LogP contribution in [0.15, 0.2) is 36.0 Å². The molecule has 0 amide bonds. The lowest BCUT2D eigenvalue weighted by Gasteiger charge is -2.31. The van der Waals surface area contributed by atoms with Gasteiger partial charge in [-0.3, -0.25) is 0 Å². The largest absolute Gasteiger partial charge is 0.355 e. The average Bonchev–Trinajstić information content (AvgIpc) is 3.16. The first-order valence-electron chi connectivity index (χ1n) is 7.20. The van der Waals surface area contributed by atoms with E-state index in [1.54, 1.807) is 11.3 Å². The molecule has 4 rings (SSSR count). The number of aromatic nitrogens is 3. The highest BCUT2D eigenvalue weighted by atomic mass is 32.1. The normalized spacial score (nSPS) is 16.7. The Morgan fingerprint density at radius 3 is 2.90 bits per heavy atom. The van der Waals surface area contributed by atoms with Crippen LogP contribution in [0.1, 0.15) is 12.8 Å². The molecule has 0 radical (unpaired) electrons. The van der Waals surface area contributed by atoms with Crippen LogP contribution in [-0.2, 0) is 0 Å². The van der Waals surface area contributed by atoms with Gasteiger partial charge < -0.3 is 10.6 Å². The maximum Gasteiger partial charge on any atom is 0.154 e. The number of rotatable bonds is 2.